The molecule has 0 spiro atoms. The van der Waals surface area contributed by atoms with Crippen molar-refractivity contribution in [1.29, 1.82) is 0 Å². The molecule has 0 amide bonds. The van der Waals surface area contributed by atoms with Gasteiger partial charge in [-0.1, -0.05) is 41.0 Å². The van der Waals surface area contributed by atoms with Crippen molar-refractivity contribution >= 4 is 17.3 Å². The van der Waals surface area contributed by atoms with Crippen molar-refractivity contribution in [1.82, 2.24) is 4.90 Å². The van der Waals surface area contributed by atoms with E-state index in [2.05, 4.69) is 16.1 Å². The maximum Gasteiger partial charge on any atom is 0.145 e. The number of benzene rings is 2. The summed E-state index contributed by atoms with van der Waals surface area (Å²) in [7, 11) is 1.66. The first kappa shape index (κ1) is 23.5. The van der Waals surface area contributed by atoms with Gasteiger partial charge in [0.1, 0.15) is 11.9 Å². The van der Waals surface area contributed by atoms with Gasteiger partial charge >= 0.3 is 0 Å². The van der Waals surface area contributed by atoms with Crippen molar-refractivity contribution in [3.63, 3.8) is 0 Å². The highest BCUT2D eigenvalue weighted by atomic mass is 35.5. The van der Waals surface area contributed by atoms with Gasteiger partial charge in [-0.05, 0) is 49.2 Å². The fourth-order valence-electron chi connectivity index (χ4n) is 3.51. The molecule has 1 N–H and O–H groups in total. The third-order valence-electron chi connectivity index (χ3n) is 5.00. The maximum atomic E-state index is 10.5. The molecule has 31 heavy (non-hydrogen) atoms. The number of aliphatic hydroxyl groups excluding tert-OH is 1. The Labute approximate surface area is 189 Å². The molecule has 2 aromatic carbocycles. The number of halogens is 1. The van der Waals surface area contributed by atoms with Crippen LogP contribution in [0.15, 0.2) is 53.7 Å². The molecule has 2 aromatic rings. The summed E-state index contributed by atoms with van der Waals surface area (Å²) in [6.45, 7) is 5.98. The first-order valence-corrected chi connectivity index (χ1v) is 10.9. The van der Waals surface area contributed by atoms with Gasteiger partial charge in [0, 0.05) is 31.1 Å². The second-order valence-corrected chi connectivity index (χ2v) is 8.49. The van der Waals surface area contributed by atoms with Crippen molar-refractivity contribution < 1.29 is 19.4 Å². The lowest BCUT2D eigenvalue weighted by Crippen LogP contribution is -2.39. The molecule has 0 saturated heterocycles. The van der Waals surface area contributed by atoms with Gasteiger partial charge in [-0.3, -0.25) is 4.90 Å². The predicted molar refractivity (Wildman–Crippen MR) is 123 cm³/mol. The maximum absolute atomic E-state index is 10.5. The monoisotopic (exact) mass is 446 g/mol. The zero-order valence-corrected chi connectivity index (χ0v) is 19.1. The molecule has 0 aromatic heterocycles. The van der Waals surface area contributed by atoms with E-state index in [9.17, 15) is 5.11 Å². The van der Waals surface area contributed by atoms with Crippen LogP contribution in [0.2, 0.25) is 5.02 Å². The fraction of sp³-hybridized carbons (Fsp3) is 0.458. The van der Waals surface area contributed by atoms with E-state index in [0.29, 0.717) is 37.7 Å². The van der Waals surface area contributed by atoms with Crippen LogP contribution < -0.4 is 4.74 Å². The van der Waals surface area contributed by atoms with Crippen LogP contribution in [0.5, 0.6) is 5.75 Å². The average molecular weight is 447 g/mol. The second kappa shape index (κ2) is 11.5. The van der Waals surface area contributed by atoms with Gasteiger partial charge in [-0.25, -0.2) is 0 Å². The van der Waals surface area contributed by atoms with Gasteiger partial charge in [-0.2, -0.15) is 0 Å². The number of ether oxygens (including phenoxy) is 2. The molecule has 168 valence electrons. The van der Waals surface area contributed by atoms with E-state index >= 15 is 0 Å². The van der Waals surface area contributed by atoms with Crippen LogP contribution >= 0.6 is 11.6 Å². The average Bonchev–Trinajstić information content (AvgIpc) is 3.21. The fourth-order valence-corrected chi connectivity index (χ4v) is 3.64. The highest BCUT2D eigenvalue weighted by Gasteiger charge is 2.26. The summed E-state index contributed by atoms with van der Waals surface area (Å²) in [6.07, 6.45) is 0.102. The van der Waals surface area contributed by atoms with E-state index < -0.39 is 6.10 Å². The third-order valence-corrected chi connectivity index (χ3v) is 5.26. The predicted octanol–water partition coefficient (Wildman–Crippen LogP) is 4.13. The summed E-state index contributed by atoms with van der Waals surface area (Å²) < 4.78 is 10.9. The Kier molecular flexibility index (Phi) is 8.72. The van der Waals surface area contributed by atoms with Crippen LogP contribution in [0.3, 0.4) is 0 Å². The summed E-state index contributed by atoms with van der Waals surface area (Å²) in [5, 5.41) is 15.5. The van der Waals surface area contributed by atoms with Gasteiger partial charge in [0.15, 0.2) is 0 Å². The highest BCUT2D eigenvalue weighted by Crippen LogP contribution is 2.21. The number of aliphatic hydroxyl groups is 1. The molecule has 0 fully saturated rings. The van der Waals surface area contributed by atoms with Crippen LogP contribution in [0, 0.1) is 0 Å². The normalized spacial score (nSPS) is 17.0. The Morgan fingerprint density at radius 1 is 1.23 bits per heavy atom. The van der Waals surface area contributed by atoms with Crippen LogP contribution in [-0.4, -0.2) is 60.8 Å². The number of nitrogens with zero attached hydrogens (tertiary/aromatic N) is 2. The number of hydrogen-bond donors (Lipinski definition) is 1. The zero-order chi connectivity index (χ0) is 22.2. The number of methoxy groups -OCH3 is 1. The Morgan fingerprint density at radius 2 is 2.00 bits per heavy atom. The lowest BCUT2D eigenvalue weighted by molar-refractivity contribution is -0.0194. The van der Waals surface area contributed by atoms with Gasteiger partial charge < -0.3 is 19.4 Å². The van der Waals surface area contributed by atoms with E-state index in [1.165, 1.54) is 0 Å². The molecule has 0 radical (unpaired) electrons. The molecule has 2 atom stereocenters. The number of rotatable bonds is 11. The minimum absolute atomic E-state index is 0.0787. The molecule has 0 saturated carbocycles. The smallest absolute Gasteiger partial charge is 0.145 e. The highest BCUT2D eigenvalue weighted by molar-refractivity contribution is 6.30. The van der Waals surface area contributed by atoms with E-state index in [-0.39, 0.29) is 12.2 Å². The lowest BCUT2D eigenvalue weighted by Gasteiger charge is -2.27. The first-order valence-electron chi connectivity index (χ1n) is 10.6. The molecule has 0 unspecified atom stereocenters. The number of oxime groups is 1. The molecule has 1 heterocycles. The van der Waals surface area contributed by atoms with Crippen molar-refractivity contribution in [2.75, 3.05) is 26.8 Å². The van der Waals surface area contributed by atoms with Crippen molar-refractivity contribution in [3.05, 3.63) is 64.7 Å². The number of hydrogen-bond acceptors (Lipinski definition) is 6. The largest absolute Gasteiger partial charge is 0.497 e. The van der Waals surface area contributed by atoms with Crippen LogP contribution in [0.1, 0.15) is 31.4 Å². The molecule has 6 nitrogen and oxygen atoms in total. The molecule has 3 rings (SSSR count). The first-order chi connectivity index (χ1) is 14.9. The van der Waals surface area contributed by atoms with Crippen molar-refractivity contribution in [2.24, 2.45) is 5.16 Å². The second-order valence-electron chi connectivity index (χ2n) is 8.06. The Morgan fingerprint density at radius 3 is 2.71 bits per heavy atom. The Bertz CT molecular complexity index is 857. The standard InChI is InChI=1S/C24H31ClN2O4/c1-17(2)30-16-21(28)14-27(13-18-5-4-6-22(11-18)29-3)15-23-12-24(26-31-23)19-7-9-20(25)10-8-19/h4-11,17,21,23,28H,12-16H2,1-3H3/t21-,23+/m1/s1. The SMILES string of the molecule is COc1cccc(CN(C[C@@H](O)COC(C)C)C[C@@H]2CC(c3ccc(Cl)cc3)=NO2)c1. The van der Waals surface area contributed by atoms with Crippen molar-refractivity contribution in [2.45, 2.75) is 45.1 Å². The minimum Gasteiger partial charge on any atom is -0.497 e. The zero-order valence-electron chi connectivity index (χ0n) is 18.3. The summed E-state index contributed by atoms with van der Waals surface area (Å²) in [5.74, 6) is 0.812. The molecular weight excluding hydrogens is 416 g/mol. The summed E-state index contributed by atoms with van der Waals surface area (Å²) in [6, 6.07) is 15.6. The minimum atomic E-state index is -0.592. The van der Waals surface area contributed by atoms with Crippen LogP contribution in [0.25, 0.3) is 0 Å². The molecule has 1 aliphatic heterocycles. The molecular formula is C24H31ClN2O4. The topological polar surface area (TPSA) is 63.5 Å². The summed E-state index contributed by atoms with van der Waals surface area (Å²) >= 11 is 5.99. The van der Waals surface area contributed by atoms with Gasteiger partial charge in [0.25, 0.3) is 0 Å². The summed E-state index contributed by atoms with van der Waals surface area (Å²) in [4.78, 5) is 7.89. The van der Waals surface area contributed by atoms with E-state index in [0.717, 1.165) is 22.6 Å². The quantitative estimate of drug-likeness (QED) is 0.562. The van der Waals surface area contributed by atoms with Crippen LogP contribution in [0.4, 0.5) is 0 Å². The van der Waals surface area contributed by atoms with Crippen molar-refractivity contribution in [3.8, 4) is 5.75 Å². The Hall–Kier alpha value is -2.12. The third kappa shape index (κ3) is 7.51. The lowest BCUT2D eigenvalue weighted by atomic mass is 10.0. The Balaban J connectivity index is 1.63. The van der Waals surface area contributed by atoms with Gasteiger partial charge in [-0.15, -0.1) is 0 Å². The van der Waals surface area contributed by atoms with E-state index in [4.69, 9.17) is 25.9 Å². The van der Waals surface area contributed by atoms with Gasteiger partial charge in [0.05, 0.1) is 31.6 Å². The van der Waals surface area contributed by atoms with Crippen LogP contribution in [-0.2, 0) is 16.1 Å². The molecule has 1 aliphatic rings. The molecule has 7 heteroatoms. The van der Waals surface area contributed by atoms with E-state index in [1.807, 2.05) is 56.3 Å². The molecule has 0 aliphatic carbocycles. The molecule has 0 bridgehead atoms. The van der Waals surface area contributed by atoms with Gasteiger partial charge in [0.2, 0.25) is 0 Å². The summed E-state index contributed by atoms with van der Waals surface area (Å²) in [5.41, 5.74) is 3.02. The van der Waals surface area contributed by atoms with E-state index in [1.54, 1.807) is 7.11 Å².